The Morgan fingerprint density at radius 2 is 0.947 bits per heavy atom. The highest BCUT2D eigenvalue weighted by Gasteiger charge is 2.48. The fourth-order valence-corrected chi connectivity index (χ4v) is 11.1. The summed E-state index contributed by atoms with van der Waals surface area (Å²) in [5, 5.41) is 7.44. The number of anilines is 3. The predicted molar refractivity (Wildman–Crippen MR) is 241 cm³/mol. The molecule has 2 aliphatic rings. The van der Waals surface area contributed by atoms with Gasteiger partial charge in [-0.15, -0.1) is 0 Å². The molecule has 0 fully saturated rings. The van der Waals surface area contributed by atoms with Gasteiger partial charge in [-0.3, -0.25) is 0 Å². The van der Waals surface area contributed by atoms with Crippen molar-refractivity contribution in [1.82, 2.24) is 0 Å². The molecule has 1 aliphatic carbocycles. The van der Waals surface area contributed by atoms with Crippen molar-refractivity contribution in [3.63, 3.8) is 0 Å². The normalized spacial score (nSPS) is 13.3. The topological polar surface area (TPSA) is 3.24 Å². The van der Waals surface area contributed by atoms with Crippen LogP contribution in [-0.2, 0) is 5.41 Å². The van der Waals surface area contributed by atoms with Crippen LogP contribution in [-0.4, -0.2) is 0 Å². The van der Waals surface area contributed by atoms with Crippen LogP contribution < -0.4 is 4.90 Å². The molecule has 10 aromatic carbocycles. The van der Waals surface area contributed by atoms with Gasteiger partial charge < -0.3 is 4.90 Å². The minimum atomic E-state index is -0.552. The van der Waals surface area contributed by atoms with Gasteiger partial charge in [-0.05, 0) is 90.8 Å². The van der Waals surface area contributed by atoms with Crippen LogP contribution in [0, 0.1) is 0 Å². The number of hydrogen-bond acceptors (Lipinski definition) is 2. The fraction of sp³-hybridized carbons (Fsp3) is 0.0182. The summed E-state index contributed by atoms with van der Waals surface area (Å²) >= 11 is 1.89. The molecule has 10 aromatic rings. The third kappa shape index (κ3) is 4.65. The molecule has 1 heterocycles. The van der Waals surface area contributed by atoms with Gasteiger partial charge in [-0.2, -0.15) is 0 Å². The van der Waals surface area contributed by atoms with E-state index >= 15 is 0 Å². The highest BCUT2D eigenvalue weighted by molar-refractivity contribution is 7.99. The minimum Gasteiger partial charge on any atom is -0.309 e. The van der Waals surface area contributed by atoms with Crippen molar-refractivity contribution < 1.29 is 0 Å². The Balaban J connectivity index is 1.25. The molecule has 0 saturated heterocycles. The molecular formula is C55H35NS. The van der Waals surface area contributed by atoms with Crippen LogP contribution in [0.4, 0.5) is 17.1 Å². The zero-order valence-corrected chi connectivity index (χ0v) is 31.9. The lowest BCUT2D eigenvalue weighted by atomic mass is 9.59. The summed E-state index contributed by atoms with van der Waals surface area (Å²) in [5.41, 5.74) is 13.1. The first-order valence-corrected chi connectivity index (χ1v) is 20.5. The van der Waals surface area contributed by atoms with Crippen LogP contribution in [0.3, 0.4) is 0 Å². The SMILES string of the molecule is c1ccc(-c2ccc3ccccc3c2N(c2ccc3c(c2)C2(c4ccccc4Sc4ccccc42)c2cccc4cccc-3c24)c2cccc3ccccc23)cc1. The van der Waals surface area contributed by atoms with Crippen molar-refractivity contribution in [2.24, 2.45) is 0 Å². The molecule has 0 saturated carbocycles. The van der Waals surface area contributed by atoms with Gasteiger partial charge in [0.25, 0.3) is 0 Å². The van der Waals surface area contributed by atoms with Crippen LogP contribution in [0.5, 0.6) is 0 Å². The molecule has 2 heteroatoms. The van der Waals surface area contributed by atoms with Gasteiger partial charge in [0.2, 0.25) is 0 Å². The second-order valence-electron chi connectivity index (χ2n) is 15.2. The third-order valence-corrected chi connectivity index (χ3v) is 13.4. The highest BCUT2D eigenvalue weighted by atomic mass is 32.2. The van der Waals surface area contributed by atoms with E-state index in [0.29, 0.717) is 0 Å². The van der Waals surface area contributed by atoms with Crippen molar-refractivity contribution in [3.05, 3.63) is 235 Å². The summed E-state index contributed by atoms with van der Waals surface area (Å²) in [5.74, 6) is 0. The summed E-state index contributed by atoms with van der Waals surface area (Å²) in [6, 6.07) is 79.1. The Labute approximate surface area is 336 Å². The second kappa shape index (κ2) is 12.6. The average molecular weight is 742 g/mol. The Bertz CT molecular complexity index is 3180. The molecule has 0 bridgehead atoms. The maximum atomic E-state index is 2.55. The number of hydrogen-bond donors (Lipinski definition) is 0. The first-order valence-electron chi connectivity index (χ1n) is 19.7. The van der Waals surface area contributed by atoms with Gasteiger partial charge in [0.05, 0.1) is 16.8 Å². The van der Waals surface area contributed by atoms with Crippen LogP contribution >= 0.6 is 11.8 Å². The smallest absolute Gasteiger partial charge is 0.0736 e. The second-order valence-corrected chi connectivity index (χ2v) is 16.2. The summed E-state index contributed by atoms with van der Waals surface area (Å²) < 4.78 is 0. The zero-order chi connectivity index (χ0) is 37.5. The van der Waals surface area contributed by atoms with Gasteiger partial charge in [-0.25, -0.2) is 0 Å². The number of benzene rings is 10. The number of nitrogens with zero attached hydrogens (tertiary/aromatic N) is 1. The van der Waals surface area contributed by atoms with Crippen LogP contribution in [0.15, 0.2) is 222 Å². The quantitative estimate of drug-likeness (QED) is 0.177. The van der Waals surface area contributed by atoms with E-state index in [-0.39, 0.29) is 0 Å². The Hall–Kier alpha value is -6.87. The van der Waals surface area contributed by atoms with Gasteiger partial charge in [0.1, 0.15) is 0 Å². The molecule has 0 atom stereocenters. The Morgan fingerprint density at radius 3 is 1.74 bits per heavy atom. The summed E-state index contributed by atoms with van der Waals surface area (Å²) in [6.45, 7) is 0. The van der Waals surface area contributed by atoms with Crippen molar-refractivity contribution in [3.8, 4) is 22.3 Å². The monoisotopic (exact) mass is 741 g/mol. The summed E-state index contributed by atoms with van der Waals surface area (Å²) in [6.07, 6.45) is 0. The maximum absolute atomic E-state index is 2.55. The van der Waals surface area contributed by atoms with Gasteiger partial charge in [0, 0.05) is 31.8 Å². The average Bonchev–Trinajstić information content (AvgIpc) is 3.28. The van der Waals surface area contributed by atoms with E-state index in [1.165, 1.54) is 92.3 Å². The number of fused-ring (bicyclic) bond motifs is 10. The maximum Gasteiger partial charge on any atom is 0.0736 e. The molecule has 266 valence electrons. The van der Waals surface area contributed by atoms with Crippen molar-refractivity contribution in [1.29, 1.82) is 0 Å². The minimum absolute atomic E-state index is 0.552. The van der Waals surface area contributed by atoms with E-state index in [0.717, 1.165) is 11.4 Å². The lowest BCUT2D eigenvalue weighted by molar-refractivity contribution is 0.707. The molecular weight excluding hydrogens is 707 g/mol. The Morgan fingerprint density at radius 1 is 0.368 bits per heavy atom. The molecule has 0 aromatic heterocycles. The third-order valence-electron chi connectivity index (χ3n) is 12.3. The zero-order valence-electron chi connectivity index (χ0n) is 31.1. The van der Waals surface area contributed by atoms with Crippen molar-refractivity contribution in [2.45, 2.75) is 15.2 Å². The standard InChI is InChI=1S/C55H35NS/c1-2-15-37(16-3-1)43-33-31-38-18-5-7-23-42(38)54(43)56(50-28-14-19-36-17-4-6-22-41(36)50)40-32-34-44-45-24-12-20-39-21-13-27-48(53(39)45)55(49(44)35-40)46-25-8-10-29-51(46)57-52-30-11-9-26-47(52)55/h1-35H. The van der Waals surface area contributed by atoms with E-state index < -0.39 is 5.41 Å². The number of rotatable bonds is 4. The summed E-state index contributed by atoms with van der Waals surface area (Å²) in [4.78, 5) is 5.16. The summed E-state index contributed by atoms with van der Waals surface area (Å²) in [7, 11) is 0. The van der Waals surface area contributed by atoms with Crippen LogP contribution in [0.1, 0.15) is 22.3 Å². The van der Waals surface area contributed by atoms with E-state index in [2.05, 4.69) is 217 Å². The Kier molecular flexibility index (Phi) is 7.14. The molecule has 0 amide bonds. The highest BCUT2D eigenvalue weighted by Crippen LogP contribution is 2.62. The van der Waals surface area contributed by atoms with Gasteiger partial charge in [0.15, 0.2) is 0 Å². The first kappa shape index (κ1) is 32.4. The molecule has 0 unspecified atom stereocenters. The van der Waals surface area contributed by atoms with Crippen LogP contribution in [0.25, 0.3) is 54.6 Å². The predicted octanol–water partition coefficient (Wildman–Crippen LogP) is 15.1. The van der Waals surface area contributed by atoms with Gasteiger partial charge in [-0.1, -0.05) is 194 Å². The molecule has 1 spiro atoms. The van der Waals surface area contributed by atoms with Crippen molar-refractivity contribution in [2.75, 3.05) is 4.90 Å². The lowest BCUT2D eigenvalue weighted by Crippen LogP contribution is -2.36. The molecule has 1 nitrogen and oxygen atoms in total. The van der Waals surface area contributed by atoms with E-state index in [9.17, 15) is 0 Å². The van der Waals surface area contributed by atoms with Crippen LogP contribution in [0.2, 0.25) is 0 Å². The fourth-order valence-electron chi connectivity index (χ4n) is 9.95. The van der Waals surface area contributed by atoms with E-state index in [1.54, 1.807) is 0 Å². The molecule has 0 N–H and O–H groups in total. The molecule has 12 rings (SSSR count). The molecule has 1 aliphatic heterocycles. The first-order chi connectivity index (χ1) is 28.3. The lowest BCUT2D eigenvalue weighted by Gasteiger charge is -2.46. The largest absolute Gasteiger partial charge is 0.309 e. The van der Waals surface area contributed by atoms with Gasteiger partial charge >= 0.3 is 0 Å². The molecule has 57 heavy (non-hydrogen) atoms. The van der Waals surface area contributed by atoms with E-state index in [1.807, 2.05) is 11.8 Å². The van der Waals surface area contributed by atoms with E-state index in [4.69, 9.17) is 0 Å². The molecule has 0 radical (unpaired) electrons. The van der Waals surface area contributed by atoms with Crippen molar-refractivity contribution >= 4 is 61.1 Å².